The lowest BCUT2D eigenvalue weighted by atomic mass is 10.1. The van der Waals surface area contributed by atoms with Crippen LogP contribution in [0.15, 0.2) is 42.7 Å². The summed E-state index contributed by atoms with van der Waals surface area (Å²) in [6.07, 6.45) is 4.67. The van der Waals surface area contributed by atoms with Crippen LogP contribution < -0.4 is 5.32 Å². The highest BCUT2D eigenvalue weighted by Crippen LogP contribution is 2.05. The molecular weight excluding hydrogens is 266 g/mol. The van der Waals surface area contributed by atoms with Gasteiger partial charge in [-0.25, -0.2) is 4.98 Å². The number of amides is 1. The molecule has 0 fully saturated rings. The van der Waals surface area contributed by atoms with E-state index in [-0.39, 0.29) is 5.91 Å². The van der Waals surface area contributed by atoms with Gasteiger partial charge in [-0.05, 0) is 25.3 Å². The maximum absolute atomic E-state index is 11.4. The number of imidazole rings is 1. The molecule has 0 spiro atoms. The molecule has 1 aromatic carbocycles. The summed E-state index contributed by atoms with van der Waals surface area (Å²) in [6, 6.07) is 10.4. The largest absolute Gasteiger partial charge is 0.384 e. The topological polar surface area (TPSA) is 67.2 Å². The molecule has 0 aliphatic carbocycles. The zero-order valence-electron chi connectivity index (χ0n) is 12.2. The summed E-state index contributed by atoms with van der Waals surface area (Å²) < 4.78 is 2.03. The van der Waals surface area contributed by atoms with E-state index in [2.05, 4.69) is 22.4 Å². The number of carbonyl (C=O) groups excluding carboxylic acids is 1. The average Bonchev–Trinajstić information content (AvgIpc) is 2.93. The molecule has 1 amide bonds. The molecule has 1 atom stereocenters. The average molecular weight is 287 g/mol. The van der Waals surface area contributed by atoms with Crippen molar-refractivity contribution in [3.8, 4) is 0 Å². The van der Waals surface area contributed by atoms with Gasteiger partial charge in [0.05, 0.1) is 6.54 Å². The van der Waals surface area contributed by atoms with Crippen LogP contribution in [0.25, 0.3) is 0 Å². The third-order valence-corrected chi connectivity index (χ3v) is 3.31. The monoisotopic (exact) mass is 287 g/mol. The van der Waals surface area contributed by atoms with Gasteiger partial charge in [-0.3, -0.25) is 4.79 Å². The Kier molecular flexibility index (Phi) is 5.51. The van der Waals surface area contributed by atoms with Gasteiger partial charge in [-0.2, -0.15) is 0 Å². The number of aliphatic hydroxyl groups excluding tert-OH is 1. The van der Waals surface area contributed by atoms with Crippen molar-refractivity contribution in [3.63, 3.8) is 0 Å². The Morgan fingerprint density at radius 2 is 2.14 bits per heavy atom. The molecule has 5 nitrogen and oxygen atoms in total. The Balaban J connectivity index is 1.81. The standard InChI is InChI=1S/C16H21N3O2/c1-13(20)16(21)18-12-15-17-9-11-19(15)10-5-8-14-6-3-2-4-7-14/h2-4,6-7,9,11,13,20H,5,8,10,12H2,1H3,(H,18,21). The van der Waals surface area contributed by atoms with Gasteiger partial charge in [0.25, 0.3) is 0 Å². The SMILES string of the molecule is CC(O)C(=O)NCc1nccn1CCCc1ccccc1. The van der Waals surface area contributed by atoms with Gasteiger partial charge < -0.3 is 15.0 Å². The number of carbonyl (C=O) groups is 1. The molecule has 2 aromatic rings. The molecule has 112 valence electrons. The number of nitrogens with zero attached hydrogens (tertiary/aromatic N) is 2. The van der Waals surface area contributed by atoms with E-state index in [1.807, 2.05) is 29.0 Å². The first-order valence-corrected chi connectivity index (χ1v) is 7.16. The van der Waals surface area contributed by atoms with Crippen LogP contribution in [0.5, 0.6) is 0 Å². The molecule has 1 unspecified atom stereocenters. The Hall–Kier alpha value is -2.14. The minimum Gasteiger partial charge on any atom is -0.384 e. The second-order valence-corrected chi connectivity index (χ2v) is 5.02. The second-order valence-electron chi connectivity index (χ2n) is 5.02. The molecule has 0 radical (unpaired) electrons. The van der Waals surface area contributed by atoms with Gasteiger partial charge in [0.2, 0.25) is 5.91 Å². The number of hydrogen-bond acceptors (Lipinski definition) is 3. The molecule has 2 N–H and O–H groups in total. The lowest BCUT2D eigenvalue weighted by molar-refractivity contribution is -0.128. The number of aromatic nitrogens is 2. The van der Waals surface area contributed by atoms with Crippen molar-refractivity contribution in [1.29, 1.82) is 0 Å². The van der Waals surface area contributed by atoms with Crippen molar-refractivity contribution in [2.24, 2.45) is 0 Å². The van der Waals surface area contributed by atoms with Gasteiger partial charge in [-0.15, -0.1) is 0 Å². The molecule has 2 rings (SSSR count). The van der Waals surface area contributed by atoms with E-state index in [0.717, 1.165) is 25.2 Å². The van der Waals surface area contributed by atoms with E-state index >= 15 is 0 Å². The third-order valence-electron chi connectivity index (χ3n) is 3.31. The van der Waals surface area contributed by atoms with Crippen LogP contribution in [0.2, 0.25) is 0 Å². The van der Waals surface area contributed by atoms with E-state index in [4.69, 9.17) is 5.11 Å². The van der Waals surface area contributed by atoms with Gasteiger partial charge in [0, 0.05) is 18.9 Å². The predicted molar refractivity (Wildman–Crippen MR) is 80.5 cm³/mol. The van der Waals surface area contributed by atoms with Gasteiger partial charge in [-0.1, -0.05) is 30.3 Å². The number of hydrogen-bond donors (Lipinski definition) is 2. The van der Waals surface area contributed by atoms with Crippen molar-refractivity contribution in [3.05, 3.63) is 54.1 Å². The van der Waals surface area contributed by atoms with Crippen LogP contribution in [-0.4, -0.2) is 26.7 Å². The Morgan fingerprint density at radius 3 is 2.86 bits per heavy atom. The fourth-order valence-electron chi connectivity index (χ4n) is 2.12. The van der Waals surface area contributed by atoms with E-state index < -0.39 is 6.10 Å². The van der Waals surface area contributed by atoms with Gasteiger partial charge in [0.1, 0.15) is 11.9 Å². The lowest BCUT2D eigenvalue weighted by Crippen LogP contribution is -2.32. The summed E-state index contributed by atoms with van der Waals surface area (Å²) in [5.41, 5.74) is 1.32. The molecule has 0 aliphatic rings. The zero-order valence-corrected chi connectivity index (χ0v) is 12.2. The summed E-state index contributed by atoms with van der Waals surface area (Å²) in [5, 5.41) is 11.8. The fraction of sp³-hybridized carbons (Fsp3) is 0.375. The second kappa shape index (κ2) is 7.59. The molecule has 0 saturated carbocycles. The Labute approximate surface area is 124 Å². The smallest absolute Gasteiger partial charge is 0.248 e. The summed E-state index contributed by atoms with van der Waals surface area (Å²) in [7, 11) is 0. The van der Waals surface area contributed by atoms with Crippen LogP contribution in [0.3, 0.4) is 0 Å². The van der Waals surface area contributed by atoms with E-state index in [1.54, 1.807) is 6.20 Å². The van der Waals surface area contributed by atoms with Gasteiger partial charge >= 0.3 is 0 Å². The summed E-state index contributed by atoms with van der Waals surface area (Å²) in [5.74, 6) is 0.422. The highest BCUT2D eigenvalue weighted by Gasteiger charge is 2.09. The number of benzene rings is 1. The Bertz CT molecular complexity index is 564. The van der Waals surface area contributed by atoms with Crippen molar-refractivity contribution in [2.45, 2.75) is 39.0 Å². The maximum Gasteiger partial charge on any atom is 0.248 e. The quantitative estimate of drug-likeness (QED) is 0.811. The van der Waals surface area contributed by atoms with E-state index in [0.29, 0.717) is 6.54 Å². The summed E-state index contributed by atoms with van der Waals surface area (Å²) in [4.78, 5) is 15.6. The predicted octanol–water partition coefficient (Wildman–Crippen LogP) is 1.51. The first kappa shape index (κ1) is 15.3. The number of nitrogens with one attached hydrogen (secondary N) is 1. The van der Waals surface area contributed by atoms with Crippen LogP contribution in [0, 0.1) is 0 Å². The minimum atomic E-state index is -0.994. The first-order valence-electron chi connectivity index (χ1n) is 7.16. The molecule has 0 bridgehead atoms. The Morgan fingerprint density at radius 1 is 1.38 bits per heavy atom. The minimum absolute atomic E-state index is 0.335. The van der Waals surface area contributed by atoms with Crippen molar-refractivity contribution < 1.29 is 9.90 Å². The van der Waals surface area contributed by atoms with E-state index in [1.165, 1.54) is 12.5 Å². The molecular formula is C16H21N3O2. The van der Waals surface area contributed by atoms with Crippen molar-refractivity contribution in [2.75, 3.05) is 0 Å². The summed E-state index contributed by atoms with van der Waals surface area (Å²) in [6.45, 7) is 2.64. The lowest BCUT2D eigenvalue weighted by Gasteiger charge is -2.10. The number of aliphatic hydroxyl groups is 1. The number of aryl methyl sites for hydroxylation is 2. The van der Waals surface area contributed by atoms with Crippen LogP contribution in [0.1, 0.15) is 24.7 Å². The van der Waals surface area contributed by atoms with Gasteiger partial charge in [0.15, 0.2) is 0 Å². The van der Waals surface area contributed by atoms with Crippen molar-refractivity contribution >= 4 is 5.91 Å². The molecule has 1 aromatic heterocycles. The fourth-order valence-corrected chi connectivity index (χ4v) is 2.12. The molecule has 0 aliphatic heterocycles. The highest BCUT2D eigenvalue weighted by atomic mass is 16.3. The third kappa shape index (κ3) is 4.72. The normalized spacial score (nSPS) is 12.1. The van der Waals surface area contributed by atoms with Crippen LogP contribution in [-0.2, 0) is 24.3 Å². The van der Waals surface area contributed by atoms with E-state index in [9.17, 15) is 4.79 Å². The molecule has 21 heavy (non-hydrogen) atoms. The zero-order chi connectivity index (χ0) is 15.1. The first-order chi connectivity index (χ1) is 10.2. The molecule has 0 saturated heterocycles. The van der Waals surface area contributed by atoms with Crippen LogP contribution in [0.4, 0.5) is 0 Å². The molecule has 1 heterocycles. The summed E-state index contributed by atoms with van der Waals surface area (Å²) >= 11 is 0. The van der Waals surface area contributed by atoms with Crippen LogP contribution >= 0.6 is 0 Å². The highest BCUT2D eigenvalue weighted by molar-refractivity contribution is 5.79. The van der Waals surface area contributed by atoms with Crippen molar-refractivity contribution in [1.82, 2.24) is 14.9 Å². The molecule has 5 heteroatoms. The maximum atomic E-state index is 11.4. The number of rotatable bonds is 7.